The normalized spacial score (nSPS) is 23.5. The fraction of sp³-hybridized carbons (Fsp3) is 0.833. The first-order valence-corrected chi connectivity index (χ1v) is 6.49. The van der Waals surface area contributed by atoms with E-state index >= 15 is 0 Å². The van der Waals surface area contributed by atoms with Crippen molar-refractivity contribution in [2.45, 2.75) is 31.3 Å². The molecule has 2 N–H and O–H groups in total. The van der Waals surface area contributed by atoms with Gasteiger partial charge in [0.15, 0.2) is 0 Å². The first kappa shape index (κ1) is 13.3. The molecule has 2 aliphatic rings. The average Bonchev–Trinajstić information content (AvgIpc) is 3.10. The molecule has 2 amide bonds. The molecule has 2 fully saturated rings. The second kappa shape index (κ2) is 6.15. The number of methoxy groups -OCH3 is 1. The summed E-state index contributed by atoms with van der Waals surface area (Å²) in [6.07, 6.45) is 2.68. The Morgan fingerprint density at radius 1 is 1.50 bits per heavy atom. The van der Waals surface area contributed by atoms with Crippen LogP contribution in [-0.4, -0.2) is 62.1 Å². The molecule has 0 aromatic carbocycles. The summed E-state index contributed by atoms with van der Waals surface area (Å²) in [5.74, 6) is 0.122. The molecule has 1 saturated carbocycles. The zero-order valence-electron chi connectivity index (χ0n) is 10.8. The highest BCUT2D eigenvalue weighted by Crippen LogP contribution is 2.30. The number of likely N-dealkylation sites (tertiary alicyclic amines) is 1. The summed E-state index contributed by atoms with van der Waals surface area (Å²) in [5, 5.41) is 5.88. The number of carbonyl (C=O) groups is 2. The van der Waals surface area contributed by atoms with Crippen molar-refractivity contribution in [2.24, 2.45) is 0 Å². The monoisotopic (exact) mass is 255 g/mol. The third kappa shape index (κ3) is 3.68. The minimum atomic E-state index is -0.0541. The molecule has 0 radical (unpaired) electrons. The molecule has 1 aliphatic carbocycles. The van der Waals surface area contributed by atoms with Crippen LogP contribution >= 0.6 is 0 Å². The van der Waals surface area contributed by atoms with Gasteiger partial charge in [-0.05, 0) is 12.8 Å². The molecule has 1 heterocycles. The van der Waals surface area contributed by atoms with E-state index in [2.05, 4.69) is 10.6 Å². The van der Waals surface area contributed by atoms with Gasteiger partial charge in [0.1, 0.15) is 0 Å². The predicted molar refractivity (Wildman–Crippen MR) is 66.0 cm³/mol. The van der Waals surface area contributed by atoms with Gasteiger partial charge < -0.3 is 20.3 Å². The van der Waals surface area contributed by atoms with Crippen LogP contribution in [0.4, 0.5) is 0 Å². The molecule has 0 aromatic heterocycles. The Morgan fingerprint density at radius 2 is 2.28 bits per heavy atom. The summed E-state index contributed by atoms with van der Waals surface area (Å²) in [6.45, 7) is 2.19. The Kier molecular flexibility index (Phi) is 4.54. The maximum atomic E-state index is 11.7. The van der Waals surface area contributed by atoms with Gasteiger partial charge in [-0.15, -0.1) is 0 Å². The van der Waals surface area contributed by atoms with Crippen LogP contribution < -0.4 is 10.6 Å². The Morgan fingerprint density at radius 3 is 2.94 bits per heavy atom. The molecule has 1 aliphatic heterocycles. The van der Waals surface area contributed by atoms with Gasteiger partial charge in [0.2, 0.25) is 11.8 Å². The Labute approximate surface area is 107 Å². The van der Waals surface area contributed by atoms with Crippen molar-refractivity contribution in [3.05, 3.63) is 0 Å². The van der Waals surface area contributed by atoms with Crippen molar-refractivity contribution < 1.29 is 14.3 Å². The summed E-state index contributed by atoms with van der Waals surface area (Å²) >= 11 is 0. The summed E-state index contributed by atoms with van der Waals surface area (Å²) < 4.78 is 4.87. The minimum absolute atomic E-state index is 0.0187. The topological polar surface area (TPSA) is 70.7 Å². The van der Waals surface area contributed by atoms with Crippen molar-refractivity contribution in [1.29, 1.82) is 0 Å². The maximum Gasteiger partial charge on any atom is 0.234 e. The quantitative estimate of drug-likeness (QED) is 0.579. The van der Waals surface area contributed by atoms with Crippen molar-refractivity contribution in [3.63, 3.8) is 0 Å². The summed E-state index contributed by atoms with van der Waals surface area (Å²) in [6, 6.07) is 0.425. The van der Waals surface area contributed by atoms with Crippen LogP contribution in [0.25, 0.3) is 0 Å². The van der Waals surface area contributed by atoms with Gasteiger partial charge >= 0.3 is 0 Å². The molecule has 1 saturated heterocycles. The van der Waals surface area contributed by atoms with Crippen LogP contribution in [0.5, 0.6) is 0 Å². The van der Waals surface area contributed by atoms with E-state index in [4.69, 9.17) is 4.74 Å². The molecule has 102 valence electrons. The number of nitrogens with zero attached hydrogens (tertiary/aromatic N) is 1. The van der Waals surface area contributed by atoms with E-state index in [1.165, 1.54) is 0 Å². The van der Waals surface area contributed by atoms with Gasteiger partial charge in [-0.2, -0.15) is 0 Å². The van der Waals surface area contributed by atoms with E-state index in [9.17, 15) is 9.59 Å². The average molecular weight is 255 g/mol. The summed E-state index contributed by atoms with van der Waals surface area (Å²) in [5.41, 5.74) is 0. The van der Waals surface area contributed by atoms with Gasteiger partial charge in [0.25, 0.3) is 0 Å². The lowest BCUT2D eigenvalue weighted by molar-refractivity contribution is -0.128. The first-order chi connectivity index (χ1) is 8.70. The fourth-order valence-electron chi connectivity index (χ4n) is 2.22. The number of carbonyl (C=O) groups excluding carboxylic acids is 2. The molecular formula is C12H21N3O3. The van der Waals surface area contributed by atoms with E-state index < -0.39 is 0 Å². The smallest absolute Gasteiger partial charge is 0.234 e. The second-order valence-corrected chi connectivity index (χ2v) is 4.92. The number of hydrogen-bond donors (Lipinski definition) is 2. The van der Waals surface area contributed by atoms with Gasteiger partial charge in [-0.3, -0.25) is 9.59 Å². The molecule has 2 rings (SSSR count). The third-order valence-electron chi connectivity index (χ3n) is 3.28. The summed E-state index contributed by atoms with van der Waals surface area (Å²) in [7, 11) is 1.62. The van der Waals surface area contributed by atoms with Gasteiger partial charge in [0.05, 0.1) is 19.2 Å². The van der Waals surface area contributed by atoms with Crippen LogP contribution in [0.2, 0.25) is 0 Å². The molecule has 6 heteroatoms. The Hall–Kier alpha value is -1.14. The molecule has 0 bridgehead atoms. The number of amides is 2. The number of ether oxygens (including phenoxy) is 1. The Balaban J connectivity index is 1.64. The first-order valence-electron chi connectivity index (χ1n) is 6.49. The van der Waals surface area contributed by atoms with E-state index in [0.29, 0.717) is 32.2 Å². The molecule has 6 nitrogen and oxygen atoms in total. The lowest BCUT2D eigenvalue weighted by Crippen LogP contribution is -2.42. The zero-order chi connectivity index (χ0) is 13.0. The van der Waals surface area contributed by atoms with Crippen molar-refractivity contribution in [2.75, 3.05) is 33.4 Å². The van der Waals surface area contributed by atoms with E-state index in [1.807, 2.05) is 4.90 Å². The van der Waals surface area contributed by atoms with Crippen molar-refractivity contribution in [1.82, 2.24) is 15.5 Å². The van der Waals surface area contributed by atoms with Crippen LogP contribution in [0.1, 0.15) is 19.3 Å². The van der Waals surface area contributed by atoms with Gasteiger partial charge in [-0.1, -0.05) is 0 Å². The molecule has 0 aromatic rings. The number of hydrogen-bond acceptors (Lipinski definition) is 4. The second-order valence-electron chi connectivity index (χ2n) is 4.92. The zero-order valence-corrected chi connectivity index (χ0v) is 10.8. The van der Waals surface area contributed by atoms with Crippen LogP contribution in [0.3, 0.4) is 0 Å². The minimum Gasteiger partial charge on any atom is -0.383 e. The maximum absolute atomic E-state index is 11.7. The van der Waals surface area contributed by atoms with E-state index in [1.54, 1.807) is 7.11 Å². The molecule has 0 spiro atoms. The highest BCUT2D eigenvalue weighted by Gasteiger charge is 2.39. The lowest BCUT2D eigenvalue weighted by atomic mass is 10.2. The van der Waals surface area contributed by atoms with Crippen LogP contribution in [0, 0.1) is 0 Å². The van der Waals surface area contributed by atoms with Gasteiger partial charge in [0, 0.05) is 32.7 Å². The predicted octanol–water partition coefficient (Wildman–Crippen LogP) is -0.898. The molecule has 1 atom stereocenters. The van der Waals surface area contributed by atoms with E-state index in [-0.39, 0.29) is 24.4 Å². The van der Waals surface area contributed by atoms with Crippen molar-refractivity contribution >= 4 is 11.8 Å². The van der Waals surface area contributed by atoms with Crippen LogP contribution in [-0.2, 0) is 14.3 Å². The largest absolute Gasteiger partial charge is 0.383 e. The lowest BCUT2D eigenvalue weighted by Gasteiger charge is -2.16. The molecule has 18 heavy (non-hydrogen) atoms. The highest BCUT2D eigenvalue weighted by atomic mass is 16.5. The number of rotatable bonds is 7. The SMILES string of the molecule is COCCNCC(=O)NC1CC(=O)N(C2CC2)C1. The van der Waals surface area contributed by atoms with E-state index in [0.717, 1.165) is 12.8 Å². The Bertz CT molecular complexity index is 318. The highest BCUT2D eigenvalue weighted by molar-refractivity contribution is 5.83. The molecular weight excluding hydrogens is 234 g/mol. The number of nitrogens with one attached hydrogen (secondary N) is 2. The van der Waals surface area contributed by atoms with Crippen molar-refractivity contribution in [3.8, 4) is 0 Å². The third-order valence-corrected chi connectivity index (χ3v) is 3.28. The van der Waals surface area contributed by atoms with Crippen LogP contribution in [0.15, 0.2) is 0 Å². The summed E-state index contributed by atoms with van der Waals surface area (Å²) in [4.78, 5) is 25.2. The fourth-order valence-corrected chi connectivity index (χ4v) is 2.22. The standard InChI is InChI=1S/C12H21N3O3/c1-18-5-4-13-7-11(16)14-9-6-12(17)15(8-9)10-2-3-10/h9-10,13H,2-8H2,1H3,(H,14,16). The van der Waals surface area contributed by atoms with Gasteiger partial charge in [-0.25, -0.2) is 0 Å². The molecule has 1 unspecified atom stereocenters.